The second kappa shape index (κ2) is 6.81. The monoisotopic (exact) mass is 284 g/mol. The van der Waals surface area contributed by atoms with Crippen LogP contribution in [0.2, 0.25) is 0 Å². The van der Waals surface area contributed by atoms with Crippen LogP contribution >= 0.6 is 15.9 Å². The molecule has 1 unspecified atom stereocenters. The van der Waals surface area contributed by atoms with E-state index in [1.165, 1.54) is 0 Å². The third-order valence-corrected chi connectivity index (χ3v) is 3.07. The van der Waals surface area contributed by atoms with Crippen molar-refractivity contribution in [3.63, 3.8) is 0 Å². The zero-order valence-corrected chi connectivity index (χ0v) is 11.3. The zero-order valence-electron chi connectivity index (χ0n) is 9.70. The molecule has 0 aliphatic rings. The highest BCUT2D eigenvalue weighted by atomic mass is 79.9. The second-order valence-electron chi connectivity index (χ2n) is 3.96. The van der Waals surface area contributed by atoms with Gasteiger partial charge in [0.1, 0.15) is 5.78 Å². The molecule has 0 bridgehead atoms. The van der Waals surface area contributed by atoms with Crippen LogP contribution in [-0.4, -0.2) is 19.5 Å². The molecule has 1 atom stereocenters. The molecule has 3 heteroatoms. The van der Waals surface area contributed by atoms with Crippen LogP contribution in [-0.2, 0) is 16.0 Å². The van der Waals surface area contributed by atoms with E-state index in [1.54, 1.807) is 7.11 Å². The van der Waals surface area contributed by atoms with E-state index < -0.39 is 0 Å². The number of carbonyl (C=O) groups excluding carboxylic acids is 1. The Kier molecular flexibility index (Phi) is 5.71. The van der Waals surface area contributed by atoms with Crippen LogP contribution in [0.5, 0.6) is 0 Å². The molecule has 0 aliphatic carbocycles. The molecule has 0 saturated carbocycles. The Balaban J connectivity index is 2.50. The van der Waals surface area contributed by atoms with Gasteiger partial charge in [0.15, 0.2) is 0 Å². The van der Waals surface area contributed by atoms with Crippen LogP contribution in [0.25, 0.3) is 0 Å². The number of Topliss-reactive ketones (excluding diaryl/α,β-unsaturated/α-hetero) is 1. The van der Waals surface area contributed by atoms with E-state index in [0.717, 1.165) is 16.5 Å². The minimum absolute atomic E-state index is 0.0685. The molecule has 0 aromatic heterocycles. The van der Waals surface area contributed by atoms with Gasteiger partial charge in [-0.3, -0.25) is 4.79 Å². The van der Waals surface area contributed by atoms with Gasteiger partial charge in [0.2, 0.25) is 0 Å². The van der Waals surface area contributed by atoms with Gasteiger partial charge in [0.25, 0.3) is 0 Å². The molecule has 0 N–H and O–H groups in total. The van der Waals surface area contributed by atoms with Crippen molar-refractivity contribution in [1.29, 1.82) is 0 Å². The average Bonchev–Trinajstić information content (AvgIpc) is 2.25. The minimum atomic E-state index is 0.0685. The molecule has 16 heavy (non-hydrogen) atoms. The van der Waals surface area contributed by atoms with Gasteiger partial charge in [-0.2, -0.15) is 0 Å². The Bertz CT molecular complexity index is 350. The Morgan fingerprint density at radius 3 is 2.88 bits per heavy atom. The Morgan fingerprint density at radius 1 is 1.50 bits per heavy atom. The highest BCUT2D eigenvalue weighted by Gasteiger charge is 2.13. The largest absolute Gasteiger partial charge is 0.385 e. The molecule has 0 radical (unpaired) electrons. The number of ether oxygens (including phenoxy) is 1. The van der Waals surface area contributed by atoms with Crippen LogP contribution in [0.3, 0.4) is 0 Å². The second-order valence-corrected chi connectivity index (χ2v) is 4.87. The Labute approximate surface area is 105 Å². The summed E-state index contributed by atoms with van der Waals surface area (Å²) in [5, 5.41) is 0. The predicted octanol–water partition coefficient (Wildman–Crippen LogP) is 3.23. The summed E-state index contributed by atoms with van der Waals surface area (Å²) < 4.78 is 5.99. The number of carbonyl (C=O) groups is 1. The van der Waals surface area contributed by atoms with Gasteiger partial charge in [0, 0.05) is 30.5 Å². The number of hydrogen-bond donors (Lipinski definition) is 0. The van der Waals surface area contributed by atoms with Crippen molar-refractivity contribution in [2.24, 2.45) is 5.92 Å². The van der Waals surface area contributed by atoms with Gasteiger partial charge in [-0.1, -0.05) is 35.0 Å². The van der Waals surface area contributed by atoms with E-state index in [1.807, 2.05) is 31.2 Å². The van der Waals surface area contributed by atoms with E-state index in [2.05, 4.69) is 15.9 Å². The van der Waals surface area contributed by atoms with Gasteiger partial charge >= 0.3 is 0 Å². The fourth-order valence-electron chi connectivity index (χ4n) is 1.48. The maximum absolute atomic E-state index is 11.9. The molecule has 1 aromatic carbocycles. The Hall–Kier alpha value is -0.670. The van der Waals surface area contributed by atoms with Crippen molar-refractivity contribution < 1.29 is 9.53 Å². The van der Waals surface area contributed by atoms with Gasteiger partial charge in [-0.25, -0.2) is 0 Å². The van der Waals surface area contributed by atoms with E-state index >= 15 is 0 Å². The van der Waals surface area contributed by atoms with Crippen molar-refractivity contribution in [1.82, 2.24) is 0 Å². The van der Waals surface area contributed by atoms with Gasteiger partial charge in [0.05, 0.1) is 0 Å². The normalized spacial score (nSPS) is 12.4. The molecule has 0 spiro atoms. The summed E-state index contributed by atoms with van der Waals surface area (Å²) in [4.78, 5) is 11.9. The van der Waals surface area contributed by atoms with Crippen LogP contribution in [0.1, 0.15) is 18.9 Å². The first kappa shape index (κ1) is 13.4. The first-order chi connectivity index (χ1) is 7.63. The number of rotatable bonds is 6. The molecule has 0 amide bonds. The van der Waals surface area contributed by atoms with Crippen molar-refractivity contribution in [2.75, 3.05) is 13.7 Å². The molecular weight excluding hydrogens is 268 g/mol. The summed E-state index contributed by atoms with van der Waals surface area (Å²) in [5.74, 6) is 0.342. The first-order valence-corrected chi connectivity index (χ1v) is 6.19. The molecule has 0 saturated heterocycles. The van der Waals surface area contributed by atoms with E-state index in [9.17, 15) is 4.79 Å². The summed E-state index contributed by atoms with van der Waals surface area (Å²) in [5.41, 5.74) is 1.06. The maximum atomic E-state index is 11.9. The molecule has 0 heterocycles. The topological polar surface area (TPSA) is 26.3 Å². The van der Waals surface area contributed by atoms with Crippen molar-refractivity contribution in [3.05, 3.63) is 34.3 Å². The number of benzene rings is 1. The number of hydrogen-bond acceptors (Lipinski definition) is 2. The summed E-state index contributed by atoms with van der Waals surface area (Å²) >= 11 is 3.40. The fraction of sp³-hybridized carbons (Fsp3) is 0.462. The lowest BCUT2D eigenvalue weighted by Crippen LogP contribution is -2.15. The van der Waals surface area contributed by atoms with Crippen molar-refractivity contribution in [3.8, 4) is 0 Å². The predicted molar refractivity (Wildman–Crippen MR) is 68.5 cm³/mol. The quantitative estimate of drug-likeness (QED) is 0.802. The third-order valence-electron chi connectivity index (χ3n) is 2.57. The highest BCUT2D eigenvalue weighted by molar-refractivity contribution is 9.10. The fourth-order valence-corrected chi connectivity index (χ4v) is 1.92. The molecule has 88 valence electrons. The van der Waals surface area contributed by atoms with E-state index in [-0.39, 0.29) is 11.7 Å². The summed E-state index contributed by atoms with van der Waals surface area (Å²) in [6, 6.07) is 7.88. The van der Waals surface area contributed by atoms with Crippen molar-refractivity contribution in [2.45, 2.75) is 19.8 Å². The third kappa shape index (κ3) is 4.45. The molecule has 2 nitrogen and oxygen atoms in total. The van der Waals surface area contributed by atoms with Gasteiger partial charge < -0.3 is 4.74 Å². The molecule has 0 fully saturated rings. The first-order valence-electron chi connectivity index (χ1n) is 5.39. The summed E-state index contributed by atoms with van der Waals surface area (Å²) in [6.45, 7) is 2.60. The molecule has 1 rings (SSSR count). The SMILES string of the molecule is COCCC(C)C(=O)Cc1cccc(Br)c1. The van der Waals surface area contributed by atoms with Gasteiger partial charge in [-0.05, 0) is 24.1 Å². The number of methoxy groups -OCH3 is 1. The average molecular weight is 285 g/mol. The lowest BCUT2D eigenvalue weighted by Gasteiger charge is -2.09. The number of ketones is 1. The minimum Gasteiger partial charge on any atom is -0.385 e. The van der Waals surface area contributed by atoms with E-state index in [0.29, 0.717) is 13.0 Å². The van der Waals surface area contributed by atoms with Crippen LogP contribution in [0.4, 0.5) is 0 Å². The van der Waals surface area contributed by atoms with Crippen LogP contribution < -0.4 is 0 Å². The Morgan fingerprint density at radius 2 is 2.25 bits per heavy atom. The summed E-state index contributed by atoms with van der Waals surface area (Å²) in [6.07, 6.45) is 1.30. The van der Waals surface area contributed by atoms with Crippen LogP contribution in [0.15, 0.2) is 28.7 Å². The van der Waals surface area contributed by atoms with Crippen molar-refractivity contribution >= 4 is 21.7 Å². The van der Waals surface area contributed by atoms with Gasteiger partial charge in [-0.15, -0.1) is 0 Å². The zero-order chi connectivity index (χ0) is 12.0. The lowest BCUT2D eigenvalue weighted by atomic mass is 9.97. The lowest BCUT2D eigenvalue weighted by molar-refractivity contribution is -0.122. The molecular formula is C13H17BrO2. The van der Waals surface area contributed by atoms with Crippen LogP contribution in [0, 0.1) is 5.92 Å². The summed E-state index contributed by atoms with van der Waals surface area (Å²) in [7, 11) is 1.66. The molecule has 1 aromatic rings. The van der Waals surface area contributed by atoms with E-state index in [4.69, 9.17) is 4.74 Å². The number of halogens is 1. The highest BCUT2D eigenvalue weighted by Crippen LogP contribution is 2.14. The smallest absolute Gasteiger partial charge is 0.140 e. The maximum Gasteiger partial charge on any atom is 0.140 e. The standard InChI is InChI=1S/C13H17BrO2/c1-10(6-7-16-2)13(15)9-11-4-3-5-12(14)8-11/h3-5,8,10H,6-7,9H2,1-2H3. The molecule has 0 aliphatic heterocycles.